The monoisotopic (exact) mass is 202 g/mol. The van der Waals surface area contributed by atoms with Crippen LogP contribution in [0.1, 0.15) is 37.5 Å². The van der Waals surface area contributed by atoms with Gasteiger partial charge in [-0.25, -0.2) is 0 Å². The van der Waals surface area contributed by atoms with Crippen molar-refractivity contribution in [1.82, 2.24) is 0 Å². The van der Waals surface area contributed by atoms with Gasteiger partial charge in [-0.15, -0.1) is 0 Å². The summed E-state index contributed by atoms with van der Waals surface area (Å²) in [6.45, 7) is 10.9. The fourth-order valence-electron chi connectivity index (χ4n) is 1.96. The zero-order chi connectivity index (χ0) is 11.2. The summed E-state index contributed by atoms with van der Waals surface area (Å²) in [5.74, 6) is 0. The Balaban J connectivity index is 2.84. The third kappa shape index (κ3) is 1.67. The maximum atomic E-state index is 5.66. The third-order valence-corrected chi connectivity index (χ3v) is 2.82. The summed E-state index contributed by atoms with van der Waals surface area (Å²) >= 11 is 0. The minimum absolute atomic E-state index is 0.133. The molecule has 1 nitrogen and oxygen atoms in total. The van der Waals surface area contributed by atoms with Gasteiger partial charge in [0.1, 0.15) is 5.58 Å². The van der Waals surface area contributed by atoms with Gasteiger partial charge in [-0.3, -0.25) is 0 Å². The first-order valence-corrected chi connectivity index (χ1v) is 5.38. The molecule has 15 heavy (non-hydrogen) atoms. The second-order valence-corrected chi connectivity index (χ2v) is 5.36. The Bertz CT molecular complexity index is 498. The van der Waals surface area contributed by atoms with Gasteiger partial charge in [0.05, 0.1) is 6.26 Å². The van der Waals surface area contributed by atoms with Crippen molar-refractivity contribution < 1.29 is 4.42 Å². The Hall–Kier alpha value is -1.24. The lowest BCUT2D eigenvalue weighted by molar-refractivity contribution is 0.557. The zero-order valence-corrected chi connectivity index (χ0v) is 10.1. The van der Waals surface area contributed by atoms with Crippen LogP contribution in [0.4, 0.5) is 0 Å². The Kier molecular flexibility index (Phi) is 2.14. The molecule has 2 aromatic rings. The largest absolute Gasteiger partial charge is 0.464 e. The highest BCUT2D eigenvalue weighted by Gasteiger charge is 2.20. The van der Waals surface area contributed by atoms with Crippen LogP contribution < -0.4 is 0 Å². The van der Waals surface area contributed by atoms with E-state index in [1.54, 1.807) is 0 Å². The molecular formula is C14H18O. The summed E-state index contributed by atoms with van der Waals surface area (Å²) in [4.78, 5) is 0. The Morgan fingerprint density at radius 1 is 1.07 bits per heavy atom. The maximum Gasteiger partial charge on any atom is 0.137 e. The highest BCUT2D eigenvalue weighted by atomic mass is 16.3. The summed E-state index contributed by atoms with van der Waals surface area (Å²) in [7, 11) is 0. The summed E-state index contributed by atoms with van der Waals surface area (Å²) in [6.07, 6.45) is 1.85. The van der Waals surface area contributed by atoms with Crippen molar-refractivity contribution in [2.45, 2.75) is 40.0 Å². The molecule has 80 valence electrons. The second kappa shape index (κ2) is 3.13. The molecule has 1 heterocycles. The first kappa shape index (κ1) is 10.3. The molecule has 0 spiro atoms. The molecule has 2 rings (SSSR count). The van der Waals surface area contributed by atoms with Gasteiger partial charge in [0.15, 0.2) is 0 Å². The molecular weight excluding hydrogens is 184 g/mol. The fourth-order valence-corrected chi connectivity index (χ4v) is 1.96. The topological polar surface area (TPSA) is 13.1 Å². The van der Waals surface area contributed by atoms with E-state index in [2.05, 4.69) is 46.8 Å². The van der Waals surface area contributed by atoms with Crippen LogP contribution in [0, 0.1) is 13.8 Å². The highest BCUT2D eigenvalue weighted by Crippen LogP contribution is 2.33. The molecule has 0 bridgehead atoms. The molecule has 1 aromatic heterocycles. The lowest BCUT2D eigenvalue weighted by Gasteiger charge is -2.19. The van der Waals surface area contributed by atoms with Crippen molar-refractivity contribution >= 4 is 11.0 Å². The van der Waals surface area contributed by atoms with E-state index in [-0.39, 0.29) is 5.41 Å². The van der Waals surface area contributed by atoms with Gasteiger partial charge < -0.3 is 4.42 Å². The molecule has 1 heteroatoms. The molecule has 0 aliphatic heterocycles. The number of hydrogen-bond donors (Lipinski definition) is 0. The molecule has 1 aromatic carbocycles. The molecule has 0 saturated carbocycles. The van der Waals surface area contributed by atoms with Gasteiger partial charge in [-0.1, -0.05) is 26.8 Å². The van der Waals surface area contributed by atoms with E-state index in [0.29, 0.717) is 0 Å². The van der Waals surface area contributed by atoms with Gasteiger partial charge in [0.2, 0.25) is 0 Å². The van der Waals surface area contributed by atoms with Crippen molar-refractivity contribution in [3.8, 4) is 0 Å². The maximum absolute atomic E-state index is 5.66. The van der Waals surface area contributed by atoms with E-state index < -0.39 is 0 Å². The minimum Gasteiger partial charge on any atom is -0.464 e. The normalized spacial score (nSPS) is 12.3. The molecule has 0 radical (unpaired) electrons. The molecule has 0 amide bonds. The smallest absolute Gasteiger partial charge is 0.137 e. The molecule has 0 atom stereocenters. The number of benzene rings is 1. The minimum atomic E-state index is 0.133. The van der Waals surface area contributed by atoms with Crippen molar-refractivity contribution in [3.05, 3.63) is 35.1 Å². The Labute approximate surface area is 91.1 Å². The Morgan fingerprint density at radius 3 is 2.33 bits per heavy atom. The lowest BCUT2D eigenvalue weighted by Crippen LogP contribution is -2.11. The van der Waals surface area contributed by atoms with Crippen molar-refractivity contribution in [3.63, 3.8) is 0 Å². The van der Waals surface area contributed by atoms with Crippen LogP contribution in [-0.2, 0) is 5.41 Å². The number of rotatable bonds is 0. The summed E-state index contributed by atoms with van der Waals surface area (Å²) in [6, 6.07) is 4.43. The Morgan fingerprint density at radius 2 is 1.73 bits per heavy atom. The van der Waals surface area contributed by atoms with Crippen molar-refractivity contribution in [2.75, 3.05) is 0 Å². The standard InChI is InChI=1S/C14H18O/c1-9-6-11-10(2)8-15-13(11)12(7-9)14(3,4)5/h6-8H,1-5H3. The van der Waals surface area contributed by atoms with E-state index in [1.165, 1.54) is 22.1 Å². The predicted octanol–water partition coefficient (Wildman–Crippen LogP) is 4.35. The average molecular weight is 202 g/mol. The van der Waals surface area contributed by atoms with Gasteiger partial charge in [0, 0.05) is 10.9 Å². The quantitative estimate of drug-likeness (QED) is 0.619. The molecule has 0 aliphatic carbocycles. The molecule has 0 fully saturated rings. The van der Waals surface area contributed by atoms with E-state index >= 15 is 0 Å². The summed E-state index contributed by atoms with van der Waals surface area (Å²) in [5.41, 5.74) is 5.00. The lowest BCUT2D eigenvalue weighted by atomic mass is 9.85. The second-order valence-electron chi connectivity index (χ2n) is 5.36. The van der Waals surface area contributed by atoms with Crippen LogP contribution in [0.3, 0.4) is 0 Å². The number of aryl methyl sites for hydroxylation is 2. The number of fused-ring (bicyclic) bond motifs is 1. The fraction of sp³-hybridized carbons (Fsp3) is 0.429. The van der Waals surface area contributed by atoms with Crippen LogP contribution >= 0.6 is 0 Å². The zero-order valence-electron chi connectivity index (χ0n) is 10.1. The van der Waals surface area contributed by atoms with Crippen LogP contribution in [0.2, 0.25) is 0 Å². The highest BCUT2D eigenvalue weighted by molar-refractivity contribution is 5.85. The van der Waals surface area contributed by atoms with E-state index in [9.17, 15) is 0 Å². The van der Waals surface area contributed by atoms with Crippen molar-refractivity contribution in [1.29, 1.82) is 0 Å². The number of furan rings is 1. The first-order valence-electron chi connectivity index (χ1n) is 5.38. The van der Waals surface area contributed by atoms with E-state index in [1.807, 2.05) is 6.26 Å². The van der Waals surface area contributed by atoms with Gasteiger partial charge in [-0.2, -0.15) is 0 Å². The average Bonchev–Trinajstić information content (AvgIpc) is 2.45. The molecule has 0 unspecified atom stereocenters. The molecule has 0 saturated heterocycles. The third-order valence-electron chi connectivity index (χ3n) is 2.82. The van der Waals surface area contributed by atoms with Gasteiger partial charge in [0.25, 0.3) is 0 Å². The van der Waals surface area contributed by atoms with Crippen LogP contribution in [-0.4, -0.2) is 0 Å². The number of hydrogen-bond acceptors (Lipinski definition) is 1. The molecule has 0 N–H and O–H groups in total. The first-order chi connectivity index (χ1) is 6.89. The van der Waals surface area contributed by atoms with Crippen LogP contribution in [0.15, 0.2) is 22.8 Å². The predicted molar refractivity (Wildman–Crippen MR) is 64.4 cm³/mol. The van der Waals surface area contributed by atoms with Crippen LogP contribution in [0.25, 0.3) is 11.0 Å². The van der Waals surface area contributed by atoms with Crippen LogP contribution in [0.5, 0.6) is 0 Å². The van der Waals surface area contributed by atoms with Gasteiger partial charge >= 0.3 is 0 Å². The van der Waals surface area contributed by atoms with Crippen molar-refractivity contribution in [2.24, 2.45) is 0 Å². The van der Waals surface area contributed by atoms with E-state index in [0.717, 1.165) is 5.58 Å². The SMILES string of the molecule is Cc1cc(C(C)(C)C)c2occ(C)c2c1. The van der Waals surface area contributed by atoms with Gasteiger partial charge in [-0.05, 0) is 36.5 Å². The summed E-state index contributed by atoms with van der Waals surface area (Å²) in [5, 5.41) is 1.25. The van der Waals surface area contributed by atoms with E-state index in [4.69, 9.17) is 4.42 Å². The summed E-state index contributed by atoms with van der Waals surface area (Å²) < 4.78 is 5.66. The molecule has 0 aliphatic rings.